The lowest BCUT2D eigenvalue weighted by Crippen LogP contribution is -2.15. The molecule has 0 saturated carbocycles. The summed E-state index contributed by atoms with van der Waals surface area (Å²) < 4.78 is 18.2. The Morgan fingerprint density at radius 2 is 0.894 bits per heavy atom. The average molecular weight is 1180 g/mol. The van der Waals surface area contributed by atoms with Crippen LogP contribution in [0.4, 0.5) is 34.1 Å². The highest BCUT2D eigenvalue weighted by atomic mass is 79.9. The maximum Gasteiger partial charge on any atom is 0.151 e. The van der Waals surface area contributed by atoms with E-state index in [2.05, 4.69) is 260 Å². The van der Waals surface area contributed by atoms with Crippen LogP contribution in [0.25, 0.3) is 81.0 Å². The number of H-pyrrole nitrogens is 1. The van der Waals surface area contributed by atoms with Gasteiger partial charge in [0, 0.05) is 70.4 Å². The molecule has 18 rings (SSSR count). The number of rotatable bonds is 5. The number of nitrogens with zero attached hydrogens (tertiary/aromatic N) is 3. The Balaban J connectivity index is 0.000000115. The number of hydrogen-bond donors (Lipinski definition) is 1. The molecule has 0 bridgehead atoms. The third kappa shape index (κ3) is 9.02. The summed E-state index contributed by atoms with van der Waals surface area (Å²) in [6, 6.07) is 98.2. The zero-order valence-corrected chi connectivity index (χ0v) is 48.3. The van der Waals surface area contributed by atoms with Crippen LogP contribution >= 0.6 is 27.3 Å². The molecule has 5 heterocycles. The quantitative estimate of drug-likeness (QED) is 0.187. The molecule has 12 aromatic carbocycles. The molecule has 0 fully saturated rings. The Kier molecular flexibility index (Phi) is 12.5. The molecule has 8 heteroatoms. The van der Waals surface area contributed by atoms with Crippen molar-refractivity contribution in [3.63, 3.8) is 0 Å². The Labute approximate surface area is 504 Å². The number of thiophene rings is 1. The van der Waals surface area contributed by atoms with E-state index >= 15 is 0 Å². The van der Waals surface area contributed by atoms with Gasteiger partial charge in [0.2, 0.25) is 0 Å². The molecule has 6 nitrogen and oxygen atoms in total. The van der Waals surface area contributed by atoms with Gasteiger partial charge in [-0.1, -0.05) is 149 Å². The van der Waals surface area contributed by atoms with Crippen LogP contribution in [-0.2, 0) is 6.42 Å². The minimum absolute atomic E-state index is 0.860. The Morgan fingerprint density at radius 3 is 1.49 bits per heavy atom. The van der Waals surface area contributed by atoms with Crippen LogP contribution in [0.2, 0.25) is 0 Å². The number of benzene rings is 12. The highest BCUT2D eigenvalue weighted by Gasteiger charge is 2.27. The van der Waals surface area contributed by atoms with Gasteiger partial charge < -0.3 is 28.8 Å². The van der Waals surface area contributed by atoms with Gasteiger partial charge in [0.05, 0.1) is 28.3 Å². The minimum atomic E-state index is 0.860. The van der Waals surface area contributed by atoms with Crippen molar-refractivity contribution >= 4 is 103 Å². The van der Waals surface area contributed by atoms with Crippen molar-refractivity contribution in [2.45, 2.75) is 6.42 Å². The number of aromatic amines is 1. The number of fused-ring (bicyclic) bond motifs is 14. The molecule has 0 atom stereocenters. The first kappa shape index (κ1) is 50.4. The molecule has 404 valence electrons. The van der Waals surface area contributed by atoms with Crippen molar-refractivity contribution in [3.05, 3.63) is 307 Å². The van der Waals surface area contributed by atoms with Crippen molar-refractivity contribution in [1.82, 2.24) is 9.55 Å². The van der Waals surface area contributed by atoms with Crippen LogP contribution in [0.15, 0.2) is 296 Å². The van der Waals surface area contributed by atoms with Gasteiger partial charge in [-0.3, -0.25) is 0 Å². The lowest BCUT2D eigenvalue weighted by molar-refractivity contribution is 0.477. The third-order valence-corrected chi connectivity index (χ3v) is 18.1. The normalized spacial score (nSPS) is 12.4. The number of halogens is 1. The number of ether oxygens (including phenoxy) is 2. The summed E-state index contributed by atoms with van der Waals surface area (Å²) >= 11 is 5.36. The predicted octanol–water partition coefficient (Wildman–Crippen LogP) is 22.7. The fourth-order valence-electron chi connectivity index (χ4n) is 12.5. The highest BCUT2D eigenvalue weighted by molar-refractivity contribution is 9.10. The molecule has 0 radical (unpaired) electrons. The van der Waals surface area contributed by atoms with Crippen LogP contribution in [0.5, 0.6) is 23.0 Å². The number of nitrogens with one attached hydrogen (secondary N) is 1. The van der Waals surface area contributed by atoms with Gasteiger partial charge in [-0.15, -0.1) is 11.3 Å². The molecule has 15 aromatic rings. The van der Waals surface area contributed by atoms with Crippen molar-refractivity contribution in [2.75, 3.05) is 9.80 Å². The van der Waals surface area contributed by atoms with Crippen molar-refractivity contribution < 1.29 is 9.47 Å². The predicted molar refractivity (Wildman–Crippen MR) is 357 cm³/mol. The lowest BCUT2D eigenvalue weighted by Gasteiger charge is -2.32. The summed E-state index contributed by atoms with van der Waals surface area (Å²) in [6.07, 6.45) is 5.27. The van der Waals surface area contributed by atoms with Crippen molar-refractivity contribution in [1.29, 1.82) is 0 Å². The van der Waals surface area contributed by atoms with Crippen LogP contribution in [0, 0.1) is 0 Å². The second-order valence-corrected chi connectivity index (χ2v) is 23.4. The Morgan fingerprint density at radius 1 is 0.388 bits per heavy atom. The van der Waals surface area contributed by atoms with Gasteiger partial charge in [-0.05, 0) is 197 Å². The van der Waals surface area contributed by atoms with Crippen molar-refractivity contribution in [2.24, 2.45) is 0 Å². The van der Waals surface area contributed by atoms with E-state index in [0.29, 0.717) is 0 Å². The molecule has 0 spiro atoms. The van der Waals surface area contributed by atoms with E-state index in [1.54, 1.807) is 0 Å². The molecule has 0 saturated heterocycles. The van der Waals surface area contributed by atoms with E-state index in [-0.39, 0.29) is 0 Å². The number of para-hydroxylation sites is 8. The second-order valence-electron chi connectivity index (χ2n) is 21.4. The smallest absolute Gasteiger partial charge is 0.151 e. The van der Waals surface area contributed by atoms with E-state index in [0.717, 1.165) is 73.7 Å². The first-order valence-electron chi connectivity index (χ1n) is 28.5. The van der Waals surface area contributed by atoms with E-state index < -0.39 is 0 Å². The minimum Gasteiger partial charge on any atom is -0.453 e. The number of anilines is 6. The topological polar surface area (TPSA) is 45.7 Å². The first-order chi connectivity index (χ1) is 42.0. The van der Waals surface area contributed by atoms with Gasteiger partial charge in [0.1, 0.15) is 0 Å². The Bertz CT molecular complexity index is 4920. The molecule has 3 aromatic heterocycles. The Hall–Kier alpha value is -10.4. The summed E-state index contributed by atoms with van der Waals surface area (Å²) in [5.74, 6) is 3.47. The van der Waals surface area contributed by atoms with E-state index in [4.69, 9.17) is 9.47 Å². The second kappa shape index (κ2) is 21.1. The SMILES string of the molecule is Brc1ccc(N2c3ccccc3Oc3ccccc32)cc1.c1ccc(-c2ccc3c(c2)-c2c(ccc4[nH]ccc24)C3)cc1.c1ccc(-c2ccc3sc4ccc5c(ccn5-c5ccc(N6c7ccccc7Oc7ccccc76)cc5)c4c3c2)cc1. The molecule has 3 aliphatic rings. The number of aromatic nitrogens is 2. The molecule has 1 aliphatic carbocycles. The first-order valence-corrected chi connectivity index (χ1v) is 30.1. The summed E-state index contributed by atoms with van der Waals surface area (Å²) in [4.78, 5) is 7.82. The molecule has 0 amide bonds. The van der Waals surface area contributed by atoms with Crippen LogP contribution < -0.4 is 19.3 Å². The monoisotopic (exact) mass is 1170 g/mol. The van der Waals surface area contributed by atoms with Gasteiger partial charge in [-0.2, -0.15) is 0 Å². The van der Waals surface area contributed by atoms with Gasteiger partial charge in [0.15, 0.2) is 23.0 Å². The molecule has 2 aliphatic heterocycles. The molecular formula is C77H51BrN4O2S. The summed E-state index contributed by atoms with van der Waals surface area (Å²) in [5, 5.41) is 5.27. The van der Waals surface area contributed by atoms with Crippen molar-refractivity contribution in [3.8, 4) is 62.1 Å². The van der Waals surface area contributed by atoms with Gasteiger partial charge in [0.25, 0.3) is 0 Å². The number of hydrogen-bond acceptors (Lipinski definition) is 5. The van der Waals surface area contributed by atoms with Gasteiger partial charge in [-0.25, -0.2) is 0 Å². The van der Waals surface area contributed by atoms with Gasteiger partial charge >= 0.3 is 0 Å². The fraction of sp³-hybridized carbons (Fsp3) is 0.0130. The summed E-state index contributed by atoms with van der Waals surface area (Å²) in [5.41, 5.74) is 20.7. The molecule has 0 unspecified atom stereocenters. The zero-order valence-electron chi connectivity index (χ0n) is 45.9. The zero-order chi connectivity index (χ0) is 56.4. The summed E-state index contributed by atoms with van der Waals surface area (Å²) in [7, 11) is 0. The molecule has 1 N–H and O–H groups in total. The third-order valence-electron chi connectivity index (χ3n) is 16.4. The van der Waals surface area contributed by atoms with Crippen LogP contribution in [0.1, 0.15) is 11.1 Å². The summed E-state index contributed by atoms with van der Waals surface area (Å²) in [6.45, 7) is 0. The lowest BCUT2D eigenvalue weighted by atomic mass is 9.97. The highest BCUT2D eigenvalue weighted by Crippen LogP contribution is 2.52. The maximum atomic E-state index is 6.21. The van der Waals surface area contributed by atoms with E-state index in [1.165, 1.54) is 86.5 Å². The standard InChI is InChI=1S/C38H24N2OS.C21H15N.C18H12BrNO/c1-2-8-25(9-3-1)26-14-20-36-30(24-26)38-29-22-23-39(31(29)19-21-37(38)42-36)27-15-17-28(18-16-27)40-32-10-4-6-12-34(32)41-35-13-7-5-11-33(35)40;1-2-4-14(5-3-1)15-6-7-16-12-17-8-9-20-18(10-11-22-20)21(17)19(16)13-15;19-13-9-11-14(12-10-13)20-15-5-1-3-7-17(15)21-18-8-4-2-6-16(18)20/h1-24H;1-11,13,22H,12H2;1-12H. The van der Waals surface area contributed by atoms with E-state index in [1.807, 2.05) is 78.2 Å². The largest absolute Gasteiger partial charge is 0.453 e. The van der Waals surface area contributed by atoms with Crippen LogP contribution in [0.3, 0.4) is 0 Å². The maximum absolute atomic E-state index is 6.21. The van der Waals surface area contributed by atoms with E-state index in [9.17, 15) is 0 Å². The fourth-order valence-corrected chi connectivity index (χ4v) is 13.8. The average Bonchev–Trinajstić information content (AvgIpc) is 3.52. The van der Waals surface area contributed by atoms with Crippen LogP contribution in [-0.4, -0.2) is 9.55 Å². The molecule has 85 heavy (non-hydrogen) atoms. The molecular weight excluding hydrogens is 1120 g/mol.